The summed E-state index contributed by atoms with van der Waals surface area (Å²) in [7, 11) is 0. The van der Waals surface area contributed by atoms with Gasteiger partial charge in [-0.3, -0.25) is 4.79 Å². The molecule has 3 rings (SSSR count). The molecule has 4 heteroatoms. The fourth-order valence-corrected chi connectivity index (χ4v) is 2.92. The Morgan fingerprint density at radius 2 is 1.95 bits per heavy atom. The number of aryl methyl sites for hydroxylation is 2. The van der Waals surface area contributed by atoms with Gasteiger partial charge in [0.2, 0.25) is 0 Å². The van der Waals surface area contributed by atoms with Gasteiger partial charge >= 0.3 is 5.97 Å². The molecular weight excluding hydrogens is 263 g/mol. The third kappa shape index (κ3) is 2.91. The van der Waals surface area contributed by atoms with Crippen molar-refractivity contribution >= 4 is 46.3 Å². The van der Waals surface area contributed by atoms with E-state index in [2.05, 4.69) is 12.1 Å². The van der Waals surface area contributed by atoms with Crippen LogP contribution < -0.4 is 0 Å². The average Bonchev–Trinajstić information content (AvgIpc) is 2.81. The van der Waals surface area contributed by atoms with Crippen molar-refractivity contribution in [2.75, 3.05) is 0 Å². The van der Waals surface area contributed by atoms with E-state index in [-0.39, 0.29) is 42.4 Å². The monoisotopic (exact) mass is 279 g/mol. The number of aliphatic carboxylic acids is 1. The van der Waals surface area contributed by atoms with E-state index in [4.69, 9.17) is 5.11 Å². The molecule has 0 aromatic heterocycles. The van der Waals surface area contributed by atoms with E-state index in [0.717, 1.165) is 23.8 Å². The van der Waals surface area contributed by atoms with Gasteiger partial charge in [0.05, 0.1) is 6.10 Å². The molecule has 0 heterocycles. The maximum absolute atomic E-state index is 10.6. The van der Waals surface area contributed by atoms with Gasteiger partial charge in [0.1, 0.15) is 0 Å². The second-order valence-electron chi connectivity index (χ2n) is 5.14. The summed E-state index contributed by atoms with van der Waals surface area (Å²) in [6, 6.07) is 10.3. The van der Waals surface area contributed by atoms with E-state index in [1.54, 1.807) is 0 Å². The quantitative estimate of drug-likeness (QED) is 0.845. The topological polar surface area (TPSA) is 57.5 Å². The first kappa shape index (κ1) is 15.5. The molecule has 0 amide bonds. The Bertz CT molecular complexity index is 651. The zero-order valence-corrected chi connectivity index (χ0v) is 13.6. The van der Waals surface area contributed by atoms with E-state index >= 15 is 0 Å². The third-order valence-corrected chi connectivity index (χ3v) is 3.85. The molecule has 99 valence electrons. The van der Waals surface area contributed by atoms with Crippen molar-refractivity contribution in [2.24, 2.45) is 0 Å². The zero-order chi connectivity index (χ0) is 13.4. The number of carbonyl (C=O) groups is 1. The van der Waals surface area contributed by atoms with Gasteiger partial charge in [0, 0.05) is 36.0 Å². The molecule has 0 bridgehead atoms. The van der Waals surface area contributed by atoms with Gasteiger partial charge in [-0.2, -0.15) is 0 Å². The number of carboxylic acid groups (broad SMARTS) is 1. The minimum atomic E-state index is -0.869. The Kier molecular flexibility index (Phi) is 4.86. The van der Waals surface area contributed by atoms with Crippen LogP contribution in [-0.2, 0) is 17.6 Å². The summed E-state index contributed by atoms with van der Waals surface area (Å²) in [5.74, 6) is -0.869. The SMILES string of the molecule is O=C(O)CCC(O)c1cc2c3c(cccc3c1)CC2.[Na]. The fraction of sp³-hybridized carbons (Fsp3) is 0.312. The molecule has 1 atom stereocenters. The van der Waals surface area contributed by atoms with Crippen molar-refractivity contribution in [1.82, 2.24) is 0 Å². The number of aliphatic hydroxyl groups excluding tert-OH is 1. The molecule has 0 aliphatic heterocycles. The summed E-state index contributed by atoms with van der Waals surface area (Å²) in [5.41, 5.74) is 3.49. The molecule has 2 N–H and O–H groups in total. The predicted molar refractivity (Wildman–Crippen MR) is 78.9 cm³/mol. The van der Waals surface area contributed by atoms with Crippen molar-refractivity contribution < 1.29 is 15.0 Å². The van der Waals surface area contributed by atoms with Crippen LogP contribution in [0.4, 0.5) is 0 Å². The van der Waals surface area contributed by atoms with Crippen LogP contribution in [0.15, 0.2) is 30.3 Å². The van der Waals surface area contributed by atoms with Crippen LogP contribution >= 0.6 is 0 Å². The number of hydrogen-bond donors (Lipinski definition) is 2. The van der Waals surface area contributed by atoms with E-state index in [1.807, 2.05) is 18.2 Å². The van der Waals surface area contributed by atoms with Gasteiger partial charge in [0.25, 0.3) is 0 Å². The minimum Gasteiger partial charge on any atom is -0.481 e. The van der Waals surface area contributed by atoms with E-state index < -0.39 is 12.1 Å². The molecule has 3 nitrogen and oxygen atoms in total. The summed E-state index contributed by atoms with van der Waals surface area (Å²) in [6.07, 6.45) is 1.63. The minimum absolute atomic E-state index is 0. The molecule has 0 saturated heterocycles. The van der Waals surface area contributed by atoms with Crippen LogP contribution in [0.3, 0.4) is 0 Å². The van der Waals surface area contributed by atoms with Crippen LogP contribution in [0.25, 0.3) is 10.8 Å². The Hall–Kier alpha value is -0.870. The summed E-state index contributed by atoms with van der Waals surface area (Å²) in [4.78, 5) is 10.6. The Morgan fingerprint density at radius 3 is 2.70 bits per heavy atom. The third-order valence-electron chi connectivity index (χ3n) is 3.85. The summed E-state index contributed by atoms with van der Waals surface area (Å²) in [6.45, 7) is 0. The van der Waals surface area contributed by atoms with Gasteiger partial charge in [-0.1, -0.05) is 24.3 Å². The summed E-state index contributed by atoms with van der Waals surface area (Å²) in [5, 5.41) is 21.2. The van der Waals surface area contributed by atoms with Crippen LogP contribution in [0.2, 0.25) is 0 Å². The first-order valence-electron chi connectivity index (χ1n) is 6.59. The van der Waals surface area contributed by atoms with Crippen LogP contribution in [0.1, 0.15) is 35.6 Å². The number of hydrogen-bond acceptors (Lipinski definition) is 2. The molecule has 0 saturated carbocycles. The van der Waals surface area contributed by atoms with Crippen LogP contribution in [0.5, 0.6) is 0 Å². The van der Waals surface area contributed by atoms with E-state index in [9.17, 15) is 9.90 Å². The molecule has 1 radical (unpaired) electrons. The second-order valence-corrected chi connectivity index (χ2v) is 5.14. The van der Waals surface area contributed by atoms with Gasteiger partial charge in [-0.15, -0.1) is 0 Å². The van der Waals surface area contributed by atoms with Gasteiger partial charge in [0.15, 0.2) is 0 Å². The van der Waals surface area contributed by atoms with Crippen molar-refractivity contribution in [3.63, 3.8) is 0 Å². The van der Waals surface area contributed by atoms with Crippen LogP contribution in [-0.4, -0.2) is 45.7 Å². The van der Waals surface area contributed by atoms with Gasteiger partial charge < -0.3 is 10.2 Å². The van der Waals surface area contributed by atoms with Crippen molar-refractivity contribution in [1.29, 1.82) is 0 Å². The summed E-state index contributed by atoms with van der Waals surface area (Å²) >= 11 is 0. The van der Waals surface area contributed by atoms with Crippen LogP contribution in [0, 0.1) is 0 Å². The Labute approximate surface area is 139 Å². The standard InChI is InChI=1S/C16H16O3.Na/c17-14(6-7-15(18)19)13-8-11-3-1-2-10-4-5-12(9-13)16(10)11;/h1-3,8-9,14,17H,4-7H2,(H,18,19);. The fourth-order valence-electron chi connectivity index (χ4n) is 2.92. The Morgan fingerprint density at radius 1 is 1.20 bits per heavy atom. The molecule has 2 aromatic rings. The van der Waals surface area contributed by atoms with Crippen molar-refractivity contribution in [3.8, 4) is 0 Å². The maximum Gasteiger partial charge on any atom is 0.303 e. The molecule has 1 aliphatic rings. The molecule has 0 spiro atoms. The van der Waals surface area contributed by atoms with Gasteiger partial charge in [-0.25, -0.2) is 0 Å². The number of benzene rings is 2. The summed E-state index contributed by atoms with van der Waals surface area (Å²) < 4.78 is 0. The zero-order valence-electron chi connectivity index (χ0n) is 11.6. The smallest absolute Gasteiger partial charge is 0.303 e. The number of aliphatic hydroxyl groups is 1. The first-order valence-corrected chi connectivity index (χ1v) is 6.59. The number of carboxylic acids is 1. The molecular formula is C16H16NaO3. The maximum atomic E-state index is 10.6. The average molecular weight is 279 g/mol. The molecule has 1 unspecified atom stereocenters. The van der Waals surface area contributed by atoms with Crippen molar-refractivity contribution in [3.05, 3.63) is 47.0 Å². The second kappa shape index (κ2) is 6.27. The van der Waals surface area contributed by atoms with E-state index in [0.29, 0.717) is 0 Å². The normalized spacial score (nSPS) is 14.1. The molecule has 0 fully saturated rings. The largest absolute Gasteiger partial charge is 0.481 e. The predicted octanol–water partition coefficient (Wildman–Crippen LogP) is 2.46. The number of rotatable bonds is 4. The van der Waals surface area contributed by atoms with Crippen molar-refractivity contribution in [2.45, 2.75) is 31.8 Å². The molecule has 1 aliphatic carbocycles. The molecule has 20 heavy (non-hydrogen) atoms. The van der Waals surface area contributed by atoms with Gasteiger partial charge in [-0.05, 0) is 52.8 Å². The molecule has 2 aromatic carbocycles. The Balaban J connectivity index is 0.00000147. The van der Waals surface area contributed by atoms with E-state index in [1.165, 1.54) is 16.5 Å². The first-order chi connectivity index (χ1) is 9.15.